The monoisotopic (exact) mass is 414 g/mol. The van der Waals surface area contributed by atoms with Gasteiger partial charge in [-0.05, 0) is 31.2 Å². The third kappa shape index (κ3) is 4.11. The summed E-state index contributed by atoms with van der Waals surface area (Å²) in [7, 11) is 0. The Balaban J connectivity index is 2.61. The molecule has 2 aromatic rings. The zero-order chi connectivity index (χ0) is 18.7. The number of nitrogens with zero attached hydrogens (tertiary/aromatic N) is 2. The molecule has 132 valence electrons. The van der Waals surface area contributed by atoms with Gasteiger partial charge in [0.05, 0.1) is 4.92 Å². The van der Waals surface area contributed by atoms with Crippen LogP contribution in [0.1, 0.15) is 12.5 Å². The number of rotatable bonds is 6. The van der Waals surface area contributed by atoms with Crippen molar-refractivity contribution in [3.63, 3.8) is 0 Å². The maximum absolute atomic E-state index is 14.0. The van der Waals surface area contributed by atoms with Gasteiger partial charge in [-0.1, -0.05) is 22.0 Å². The average molecular weight is 415 g/mol. The first-order chi connectivity index (χ1) is 11.7. The second-order valence-corrected chi connectivity index (χ2v) is 6.15. The topological polar surface area (TPSA) is 83.7 Å². The number of hydrogen-bond acceptors (Lipinski definition) is 4. The highest BCUT2D eigenvalue weighted by Crippen LogP contribution is 2.34. The molecule has 0 aliphatic heterocycles. The van der Waals surface area contributed by atoms with Crippen molar-refractivity contribution in [2.45, 2.75) is 19.5 Å². The molecule has 0 aromatic heterocycles. The van der Waals surface area contributed by atoms with E-state index in [-0.39, 0.29) is 16.9 Å². The van der Waals surface area contributed by atoms with Crippen molar-refractivity contribution in [1.29, 1.82) is 0 Å². The summed E-state index contributed by atoms with van der Waals surface area (Å²) in [6.07, 6.45) is 0. The SMILES string of the molecule is C[C@@H](C(=O)O)N(Cc1c(F)cccc1F)c1cc(Br)ccc1[N+](=O)[O-]. The van der Waals surface area contributed by atoms with E-state index >= 15 is 0 Å². The molecule has 0 spiro atoms. The van der Waals surface area contributed by atoms with Gasteiger partial charge in [0, 0.05) is 22.6 Å². The van der Waals surface area contributed by atoms with Crippen molar-refractivity contribution < 1.29 is 23.6 Å². The van der Waals surface area contributed by atoms with Gasteiger partial charge in [0.25, 0.3) is 5.69 Å². The van der Waals surface area contributed by atoms with Crippen molar-refractivity contribution in [3.8, 4) is 0 Å². The molecule has 0 amide bonds. The maximum Gasteiger partial charge on any atom is 0.326 e. The highest BCUT2D eigenvalue weighted by atomic mass is 79.9. The van der Waals surface area contributed by atoms with Crippen LogP contribution in [0.15, 0.2) is 40.9 Å². The van der Waals surface area contributed by atoms with E-state index in [0.29, 0.717) is 4.47 Å². The van der Waals surface area contributed by atoms with Gasteiger partial charge in [-0.2, -0.15) is 0 Å². The lowest BCUT2D eigenvalue weighted by molar-refractivity contribution is -0.384. The minimum Gasteiger partial charge on any atom is -0.480 e. The van der Waals surface area contributed by atoms with Gasteiger partial charge in [0.2, 0.25) is 0 Å². The Morgan fingerprint density at radius 3 is 2.44 bits per heavy atom. The third-order valence-corrected chi connectivity index (χ3v) is 4.15. The lowest BCUT2D eigenvalue weighted by atomic mass is 10.1. The standard InChI is InChI=1S/C16H13BrF2N2O4/c1-9(16(22)23)20(8-11-12(18)3-2-4-13(11)19)15-7-10(17)5-6-14(15)21(24)25/h2-7,9H,8H2,1H3,(H,22,23)/t9-/m0/s1. The van der Waals surface area contributed by atoms with Gasteiger partial charge in [0.1, 0.15) is 23.4 Å². The molecule has 0 aliphatic rings. The quantitative estimate of drug-likeness (QED) is 0.567. The molecule has 0 aliphatic carbocycles. The highest BCUT2D eigenvalue weighted by Gasteiger charge is 2.29. The Morgan fingerprint density at radius 2 is 1.92 bits per heavy atom. The molecule has 6 nitrogen and oxygen atoms in total. The van der Waals surface area contributed by atoms with Gasteiger partial charge < -0.3 is 10.0 Å². The van der Waals surface area contributed by atoms with E-state index in [9.17, 15) is 28.8 Å². The Bertz CT molecular complexity index is 812. The first kappa shape index (κ1) is 18.8. The number of halogens is 3. The number of hydrogen-bond donors (Lipinski definition) is 1. The summed E-state index contributed by atoms with van der Waals surface area (Å²) in [5.74, 6) is -3.01. The molecule has 0 radical (unpaired) electrons. The molecular formula is C16H13BrF2N2O4. The zero-order valence-corrected chi connectivity index (χ0v) is 14.5. The molecule has 1 atom stereocenters. The van der Waals surface area contributed by atoms with Crippen molar-refractivity contribution >= 4 is 33.3 Å². The minimum atomic E-state index is -1.29. The van der Waals surface area contributed by atoms with Crippen LogP contribution in [0.4, 0.5) is 20.2 Å². The van der Waals surface area contributed by atoms with Crippen LogP contribution in [0.25, 0.3) is 0 Å². The van der Waals surface area contributed by atoms with E-state index in [1.54, 1.807) is 0 Å². The lowest BCUT2D eigenvalue weighted by Gasteiger charge is -2.28. The smallest absolute Gasteiger partial charge is 0.326 e. The first-order valence-electron chi connectivity index (χ1n) is 7.08. The maximum atomic E-state index is 14.0. The molecule has 9 heteroatoms. The second kappa shape index (κ2) is 7.56. The number of aliphatic carboxylic acids is 1. The van der Waals surface area contributed by atoms with Gasteiger partial charge in [0.15, 0.2) is 0 Å². The Morgan fingerprint density at radius 1 is 1.32 bits per heavy atom. The van der Waals surface area contributed by atoms with Crippen LogP contribution < -0.4 is 4.90 Å². The molecule has 0 fully saturated rings. The van der Waals surface area contributed by atoms with E-state index in [0.717, 1.165) is 17.0 Å². The Kier molecular flexibility index (Phi) is 5.68. The number of anilines is 1. The lowest BCUT2D eigenvalue weighted by Crippen LogP contribution is -2.39. The molecule has 25 heavy (non-hydrogen) atoms. The summed E-state index contributed by atoms with van der Waals surface area (Å²) >= 11 is 3.17. The van der Waals surface area contributed by atoms with Crippen LogP contribution in [0.5, 0.6) is 0 Å². The predicted molar refractivity (Wildman–Crippen MR) is 90.4 cm³/mol. The van der Waals surface area contributed by atoms with Crippen molar-refractivity contribution in [1.82, 2.24) is 0 Å². The zero-order valence-electron chi connectivity index (χ0n) is 12.9. The van der Waals surface area contributed by atoms with E-state index in [2.05, 4.69) is 15.9 Å². The summed E-state index contributed by atoms with van der Waals surface area (Å²) in [4.78, 5) is 23.1. The van der Waals surface area contributed by atoms with Crippen LogP contribution in [0, 0.1) is 21.7 Å². The van der Waals surface area contributed by atoms with Crippen LogP contribution >= 0.6 is 15.9 Å². The molecule has 0 bridgehead atoms. The normalized spacial score (nSPS) is 11.8. The Labute approximate surface area is 150 Å². The minimum absolute atomic E-state index is 0.0584. The van der Waals surface area contributed by atoms with E-state index < -0.39 is 35.1 Å². The molecular weight excluding hydrogens is 402 g/mol. The molecule has 0 saturated heterocycles. The third-order valence-electron chi connectivity index (χ3n) is 3.66. The molecule has 1 N–H and O–H groups in total. The molecule has 0 saturated carbocycles. The molecule has 2 rings (SSSR count). The van der Waals surface area contributed by atoms with Crippen LogP contribution in [-0.2, 0) is 11.3 Å². The van der Waals surface area contributed by atoms with Crippen molar-refractivity contribution in [2.24, 2.45) is 0 Å². The summed E-state index contributed by atoms with van der Waals surface area (Å²) in [6, 6.07) is 5.96. The van der Waals surface area contributed by atoms with Gasteiger partial charge in [-0.3, -0.25) is 10.1 Å². The summed E-state index contributed by atoms with van der Waals surface area (Å²) < 4.78 is 28.4. The summed E-state index contributed by atoms with van der Waals surface area (Å²) in [5.41, 5.74) is -0.796. The number of nitro groups is 1. The summed E-state index contributed by atoms with van der Waals surface area (Å²) in [6.45, 7) is 0.801. The second-order valence-electron chi connectivity index (χ2n) is 5.23. The first-order valence-corrected chi connectivity index (χ1v) is 7.88. The van der Waals surface area contributed by atoms with Crippen LogP contribution in [-0.4, -0.2) is 22.0 Å². The van der Waals surface area contributed by atoms with Gasteiger partial charge in [-0.15, -0.1) is 0 Å². The van der Waals surface area contributed by atoms with Crippen molar-refractivity contribution in [2.75, 3.05) is 4.90 Å². The molecule has 2 aromatic carbocycles. The number of nitro benzene ring substituents is 1. The number of carboxylic acids is 1. The fourth-order valence-corrected chi connectivity index (χ4v) is 2.65. The van der Waals surface area contributed by atoms with Crippen molar-refractivity contribution in [3.05, 3.63) is 68.2 Å². The van der Waals surface area contributed by atoms with E-state index in [1.165, 1.54) is 31.2 Å². The predicted octanol–water partition coefficient (Wildman–Crippen LogP) is 4.12. The van der Waals surface area contributed by atoms with E-state index in [4.69, 9.17) is 0 Å². The number of carboxylic acid groups (broad SMARTS) is 1. The highest BCUT2D eigenvalue weighted by molar-refractivity contribution is 9.10. The number of benzene rings is 2. The molecule has 0 unspecified atom stereocenters. The van der Waals surface area contributed by atoms with Gasteiger partial charge >= 0.3 is 5.97 Å². The fourth-order valence-electron chi connectivity index (χ4n) is 2.30. The largest absolute Gasteiger partial charge is 0.480 e. The number of carbonyl (C=O) groups is 1. The Hall–Kier alpha value is -2.55. The van der Waals surface area contributed by atoms with Crippen LogP contribution in [0.3, 0.4) is 0 Å². The average Bonchev–Trinajstić information content (AvgIpc) is 2.53. The fraction of sp³-hybridized carbons (Fsp3) is 0.188. The van der Waals surface area contributed by atoms with Crippen LogP contribution in [0.2, 0.25) is 0 Å². The van der Waals surface area contributed by atoms with Gasteiger partial charge in [-0.25, -0.2) is 13.6 Å². The van der Waals surface area contributed by atoms with E-state index in [1.807, 2.05) is 0 Å². The summed E-state index contributed by atoms with van der Waals surface area (Å²) in [5, 5.41) is 20.6. The molecule has 0 heterocycles.